The van der Waals surface area contributed by atoms with Crippen LogP contribution in [0.5, 0.6) is 0 Å². The molecule has 13 nitrogen and oxygen atoms in total. The maximum absolute atomic E-state index is 12.7. The lowest BCUT2D eigenvalue weighted by Crippen LogP contribution is -2.49. The van der Waals surface area contributed by atoms with Crippen LogP contribution in [0, 0.1) is 40.4 Å². The molecule has 0 aromatic carbocycles. The van der Waals surface area contributed by atoms with E-state index in [1.54, 1.807) is 44.2 Å². The fourth-order valence-electron chi connectivity index (χ4n) is 9.59. The molecule has 0 unspecified atom stereocenters. The van der Waals surface area contributed by atoms with E-state index in [0.29, 0.717) is 31.3 Å². The summed E-state index contributed by atoms with van der Waals surface area (Å²) in [5.41, 5.74) is 6.69. The standard InChI is InChI=1S/C47H72N4O9/c1-27(38(54)12-8-13-39(55)28(2)16-21-34(53)25-32-10-9-23-51(32)46(48)49)15-19-33(52)20-17-29(3)43(58)30(4)18-22-36-31(5)24-35-37(11-7-14-40(35)56)47(36,6)44(59)42-41(57)26-50-45(42)60/h8,12,15-19,22,24,27,30,32-40,43,52-56,58-59H,7,9-11,13-14,20-21,23,25-26H2,1-6H3,(H3,48,49)(H,50,60)/b12-8+,19-15+,22-18+,28-16+,29-17+,44-42?/t27-,30+,32+,33+,34+,35-,36-,37-,38+,39-,40+,43+,47+/m1/s1. The molecule has 1 saturated carbocycles. The van der Waals surface area contributed by atoms with Gasteiger partial charge in [0.25, 0.3) is 5.91 Å². The number of fused-ring (bicyclic) bond motifs is 1. The third-order valence-electron chi connectivity index (χ3n) is 13.5. The fraction of sp³-hybridized carbons (Fsp3) is 0.638. The van der Waals surface area contributed by atoms with Crippen molar-refractivity contribution < 1.29 is 45.3 Å². The van der Waals surface area contributed by atoms with E-state index in [2.05, 4.69) is 11.4 Å². The Hall–Kier alpha value is -3.85. The summed E-state index contributed by atoms with van der Waals surface area (Å²) in [6, 6.07) is 0.0523. The van der Waals surface area contributed by atoms with Gasteiger partial charge in [0.05, 0.1) is 43.2 Å². The highest BCUT2D eigenvalue weighted by Gasteiger charge is 2.54. The van der Waals surface area contributed by atoms with Gasteiger partial charge >= 0.3 is 0 Å². The number of ketones is 1. The number of likely N-dealkylation sites (tertiary alicyclic amines) is 1. The summed E-state index contributed by atoms with van der Waals surface area (Å²) in [5, 5.41) is 86.8. The highest BCUT2D eigenvalue weighted by Crippen LogP contribution is 2.57. The molecule has 13 atom stereocenters. The van der Waals surface area contributed by atoms with Gasteiger partial charge < -0.3 is 51.7 Å². The van der Waals surface area contributed by atoms with Crippen molar-refractivity contribution in [2.45, 2.75) is 142 Å². The SMILES string of the molecule is CC1=C[C@@H]2[C@@H](CCC[C@@H]2O)[C@@](C)(C(O)=C2C(=O)CNC2=O)[C@@H]1/C=C/[C@H](C)[C@@H](O)/C(C)=C/C[C@@H](O)/C=C/[C@@H](C)[C@@H](O)/C=C/C[C@@H](O)/C(C)=C/C[C@H](O)C[C@@H]1CCCN1C(=N)N. The number of carbonyl (C=O) groups is 2. The van der Waals surface area contributed by atoms with E-state index in [-0.39, 0.29) is 66.4 Å². The van der Waals surface area contributed by atoms with E-state index in [1.165, 1.54) is 0 Å². The number of rotatable bonds is 18. The number of guanidine groups is 1. The summed E-state index contributed by atoms with van der Waals surface area (Å²) in [5.74, 6) is -2.79. The lowest BCUT2D eigenvalue weighted by Gasteiger charge is -2.52. The average molecular weight is 837 g/mol. The zero-order chi connectivity index (χ0) is 44.5. The number of Topliss-reactive ketones (excluding diaryl/α,β-unsaturated/α-hetero) is 1. The predicted octanol–water partition coefficient (Wildman–Crippen LogP) is 4.41. The zero-order valence-corrected chi connectivity index (χ0v) is 36.4. The van der Waals surface area contributed by atoms with Gasteiger partial charge in [-0.15, -0.1) is 0 Å². The largest absolute Gasteiger partial charge is 0.511 e. The molecule has 11 N–H and O–H groups in total. The molecule has 2 saturated heterocycles. The monoisotopic (exact) mass is 837 g/mol. The number of amides is 1. The molecule has 2 aliphatic heterocycles. The topological polar surface area (TPSA) is 241 Å². The second-order valence-electron chi connectivity index (χ2n) is 18.0. The van der Waals surface area contributed by atoms with Crippen molar-refractivity contribution in [1.82, 2.24) is 10.2 Å². The van der Waals surface area contributed by atoms with Crippen molar-refractivity contribution in [3.8, 4) is 0 Å². The van der Waals surface area contributed by atoms with Crippen LogP contribution in [-0.2, 0) is 9.59 Å². The summed E-state index contributed by atoms with van der Waals surface area (Å²) in [6.45, 7) is 11.7. The molecule has 13 heteroatoms. The molecule has 2 heterocycles. The third-order valence-corrected chi connectivity index (χ3v) is 13.5. The number of nitrogens with two attached hydrogens (primary N) is 1. The zero-order valence-electron chi connectivity index (χ0n) is 36.4. The number of aliphatic hydroxyl groups is 7. The van der Waals surface area contributed by atoms with Gasteiger partial charge in [-0.05, 0) is 89.2 Å². The first-order valence-electron chi connectivity index (χ1n) is 21.8. The second-order valence-corrected chi connectivity index (χ2v) is 18.0. The Morgan fingerprint density at radius 1 is 0.967 bits per heavy atom. The van der Waals surface area contributed by atoms with Gasteiger partial charge in [-0.25, -0.2) is 0 Å². The second kappa shape index (κ2) is 21.8. The van der Waals surface area contributed by atoms with Crippen LogP contribution in [0.4, 0.5) is 0 Å². The molecule has 334 valence electrons. The van der Waals surface area contributed by atoms with Crippen LogP contribution in [0.3, 0.4) is 0 Å². The molecule has 0 aromatic heterocycles. The first-order chi connectivity index (χ1) is 28.3. The number of allylic oxidation sites excluding steroid dienone is 3. The summed E-state index contributed by atoms with van der Waals surface area (Å²) >= 11 is 0. The lowest BCUT2D eigenvalue weighted by atomic mass is 9.52. The van der Waals surface area contributed by atoms with Crippen LogP contribution in [0.1, 0.15) is 99.3 Å². The molecule has 4 rings (SSSR count). The lowest BCUT2D eigenvalue weighted by molar-refractivity contribution is -0.117. The Balaban J connectivity index is 1.30. The normalized spacial score (nSPS) is 31.2. The van der Waals surface area contributed by atoms with Gasteiger partial charge in [0.15, 0.2) is 11.7 Å². The first-order valence-corrected chi connectivity index (χ1v) is 21.8. The number of aliphatic hydroxyl groups excluding tert-OH is 7. The number of nitrogens with one attached hydrogen (secondary N) is 2. The van der Waals surface area contributed by atoms with Crippen LogP contribution in [0.2, 0.25) is 0 Å². The molecular formula is C47H72N4O9. The molecule has 0 bridgehead atoms. The molecule has 0 radical (unpaired) electrons. The molecular weight excluding hydrogens is 765 g/mol. The number of hydrogen-bond acceptors (Lipinski definition) is 10. The molecule has 3 fully saturated rings. The Morgan fingerprint density at radius 2 is 1.67 bits per heavy atom. The van der Waals surface area contributed by atoms with Crippen molar-refractivity contribution in [2.24, 2.45) is 40.7 Å². The van der Waals surface area contributed by atoms with Crippen LogP contribution in [-0.4, -0.2) is 114 Å². The molecule has 0 aromatic rings. The third kappa shape index (κ3) is 11.9. The van der Waals surface area contributed by atoms with Crippen molar-refractivity contribution in [3.63, 3.8) is 0 Å². The Morgan fingerprint density at radius 3 is 2.33 bits per heavy atom. The minimum absolute atomic E-state index is 0.0308. The van der Waals surface area contributed by atoms with Crippen LogP contribution < -0.4 is 11.1 Å². The van der Waals surface area contributed by atoms with Crippen molar-refractivity contribution in [3.05, 3.63) is 82.7 Å². The van der Waals surface area contributed by atoms with Crippen molar-refractivity contribution in [1.29, 1.82) is 5.41 Å². The average Bonchev–Trinajstić information content (AvgIpc) is 3.82. The van der Waals surface area contributed by atoms with Gasteiger partial charge in [0.2, 0.25) is 0 Å². The Kier molecular flexibility index (Phi) is 17.7. The number of nitrogens with zero attached hydrogens (tertiary/aromatic N) is 1. The fourth-order valence-corrected chi connectivity index (χ4v) is 9.59. The molecule has 60 heavy (non-hydrogen) atoms. The Bertz CT molecular complexity index is 1730. The van der Waals surface area contributed by atoms with Gasteiger partial charge in [-0.3, -0.25) is 15.0 Å². The van der Waals surface area contributed by atoms with E-state index in [4.69, 9.17) is 11.1 Å². The maximum Gasteiger partial charge on any atom is 0.258 e. The number of hydrogen-bond donors (Lipinski definition) is 10. The maximum atomic E-state index is 12.7. The van der Waals surface area contributed by atoms with Crippen molar-refractivity contribution in [2.75, 3.05) is 13.1 Å². The highest BCUT2D eigenvalue weighted by atomic mass is 16.3. The van der Waals surface area contributed by atoms with Crippen LogP contribution >= 0.6 is 0 Å². The molecule has 2 aliphatic carbocycles. The summed E-state index contributed by atoms with van der Waals surface area (Å²) in [6.07, 6.45) is 17.0. The van der Waals surface area contributed by atoms with Crippen LogP contribution in [0.15, 0.2) is 82.7 Å². The highest BCUT2D eigenvalue weighted by molar-refractivity contribution is 6.25. The van der Waals surface area contributed by atoms with E-state index in [9.17, 15) is 45.3 Å². The number of carbonyl (C=O) groups excluding carboxylic acids is 2. The smallest absolute Gasteiger partial charge is 0.258 e. The minimum atomic E-state index is -1.04. The van der Waals surface area contributed by atoms with Crippen LogP contribution in [0.25, 0.3) is 0 Å². The van der Waals surface area contributed by atoms with E-state index in [1.807, 2.05) is 50.8 Å². The van der Waals surface area contributed by atoms with E-state index < -0.39 is 59.6 Å². The van der Waals surface area contributed by atoms with Gasteiger partial charge in [0.1, 0.15) is 11.3 Å². The van der Waals surface area contributed by atoms with Gasteiger partial charge in [-0.1, -0.05) is 87.4 Å². The molecule has 1 amide bonds. The van der Waals surface area contributed by atoms with Gasteiger partial charge in [-0.2, -0.15) is 0 Å². The summed E-state index contributed by atoms with van der Waals surface area (Å²) in [4.78, 5) is 27.3. The molecule has 4 aliphatic rings. The summed E-state index contributed by atoms with van der Waals surface area (Å²) < 4.78 is 0. The predicted molar refractivity (Wildman–Crippen MR) is 233 cm³/mol. The summed E-state index contributed by atoms with van der Waals surface area (Å²) in [7, 11) is 0. The van der Waals surface area contributed by atoms with E-state index in [0.717, 1.165) is 37.0 Å². The van der Waals surface area contributed by atoms with Gasteiger partial charge in [0, 0.05) is 41.7 Å². The Labute approximate surface area is 356 Å². The van der Waals surface area contributed by atoms with Crippen molar-refractivity contribution >= 4 is 17.6 Å². The first kappa shape index (κ1) is 48.8. The minimum Gasteiger partial charge on any atom is -0.511 e. The van der Waals surface area contributed by atoms with E-state index >= 15 is 0 Å². The quantitative estimate of drug-likeness (QED) is 0.0232. The molecule has 0 spiro atoms.